The minimum absolute atomic E-state index is 0.0877. The first-order valence-electron chi connectivity index (χ1n) is 8.30. The number of phenolic OH excluding ortho intramolecular Hbond substituents is 1. The number of fused-ring (bicyclic) bond motifs is 1. The summed E-state index contributed by atoms with van der Waals surface area (Å²) in [6.07, 6.45) is 7.54. The van der Waals surface area contributed by atoms with Gasteiger partial charge in [0.15, 0.2) is 17.3 Å². The van der Waals surface area contributed by atoms with Gasteiger partial charge in [-0.2, -0.15) is 0 Å². The molecule has 0 aliphatic rings. The minimum atomic E-state index is 0.0877. The number of nitrogens with one attached hydrogen (secondary N) is 1. The molecule has 3 aromatic rings. The molecule has 0 bridgehead atoms. The number of benzene rings is 2. The van der Waals surface area contributed by atoms with Crippen LogP contribution in [0.5, 0.6) is 11.5 Å². The molecule has 0 unspecified atom stereocenters. The van der Waals surface area contributed by atoms with Gasteiger partial charge >= 0.3 is 0 Å². The number of para-hydroxylation sites is 1. The van der Waals surface area contributed by atoms with Crippen molar-refractivity contribution in [3.8, 4) is 11.5 Å². The number of ether oxygens (including phenoxy) is 1. The Hall–Kier alpha value is -3.01. The van der Waals surface area contributed by atoms with Crippen LogP contribution in [-0.4, -0.2) is 23.0 Å². The smallest absolute Gasteiger partial charge is 0.161 e. The van der Waals surface area contributed by atoms with Gasteiger partial charge in [0.1, 0.15) is 0 Å². The summed E-state index contributed by atoms with van der Waals surface area (Å²) in [6.45, 7) is 0. The Morgan fingerprint density at radius 2 is 2.08 bits per heavy atom. The lowest BCUT2D eigenvalue weighted by Crippen LogP contribution is -1.94. The Kier molecular flexibility index (Phi) is 5.19. The zero-order valence-corrected chi connectivity index (χ0v) is 14.2. The predicted octanol–water partition coefficient (Wildman–Crippen LogP) is 4.49. The van der Waals surface area contributed by atoms with E-state index in [1.165, 1.54) is 18.1 Å². The van der Waals surface area contributed by atoms with Crippen molar-refractivity contribution in [3.63, 3.8) is 0 Å². The lowest BCUT2D eigenvalue weighted by atomic mass is 10.1. The van der Waals surface area contributed by atoms with Crippen LogP contribution >= 0.6 is 0 Å². The Bertz CT molecular complexity index is 908. The largest absolute Gasteiger partial charge is 0.504 e. The first-order valence-corrected chi connectivity index (χ1v) is 8.30. The van der Waals surface area contributed by atoms with Crippen LogP contribution in [0.15, 0.2) is 54.7 Å². The van der Waals surface area contributed by atoms with E-state index >= 15 is 0 Å². The fourth-order valence-electron chi connectivity index (χ4n) is 2.86. The summed E-state index contributed by atoms with van der Waals surface area (Å²) in [7, 11) is 1.50. The van der Waals surface area contributed by atoms with Crippen LogP contribution in [0, 0.1) is 0 Å². The Labute approximate surface area is 146 Å². The van der Waals surface area contributed by atoms with Crippen LogP contribution in [0.4, 0.5) is 0 Å². The molecular weight excluding hydrogens is 314 g/mol. The van der Waals surface area contributed by atoms with E-state index in [0.717, 1.165) is 23.9 Å². The molecule has 0 saturated heterocycles. The first kappa shape index (κ1) is 16.8. The third-order valence-corrected chi connectivity index (χ3v) is 4.21. The number of hydrogen-bond donors (Lipinski definition) is 2. The van der Waals surface area contributed by atoms with Crippen molar-refractivity contribution in [1.29, 1.82) is 0 Å². The van der Waals surface area contributed by atoms with Crippen LogP contribution in [-0.2, 0) is 11.2 Å². The number of methoxy groups -OCH3 is 1. The van der Waals surface area contributed by atoms with Gasteiger partial charge in [-0.1, -0.05) is 30.3 Å². The third kappa shape index (κ3) is 4.10. The summed E-state index contributed by atoms with van der Waals surface area (Å²) in [5.74, 6) is 0.575. The average molecular weight is 335 g/mol. The maximum atomic E-state index is 12.1. The Balaban J connectivity index is 1.54. The molecule has 3 rings (SSSR count). The highest BCUT2D eigenvalue weighted by atomic mass is 16.5. The van der Waals surface area contributed by atoms with Gasteiger partial charge < -0.3 is 14.8 Å². The number of aromatic nitrogens is 1. The fourth-order valence-corrected chi connectivity index (χ4v) is 2.86. The zero-order valence-electron chi connectivity index (χ0n) is 14.2. The molecule has 0 saturated carbocycles. The number of aromatic hydroxyl groups is 1. The summed E-state index contributed by atoms with van der Waals surface area (Å²) in [6, 6.07) is 13.2. The number of carbonyl (C=O) groups is 1. The van der Waals surface area contributed by atoms with E-state index in [1.54, 1.807) is 30.4 Å². The topological polar surface area (TPSA) is 62.3 Å². The van der Waals surface area contributed by atoms with Crippen LogP contribution in [0.3, 0.4) is 0 Å². The maximum Gasteiger partial charge on any atom is 0.161 e. The number of aromatic amines is 1. The van der Waals surface area contributed by atoms with Gasteiger partial charge in [0, 0.05) is 23.5 Å². The van der Waals surface area contributed by atoms with Gasteiger partial charge in [0.2, 0.25) is 0 Å². The van der Waals surface area contributed by atoms with Crippen LogP contribution < -0.4 is 4.74 Å². The maximum absolute atomic E-state index is 12.1. The minimum Gasteiger partial charge on any atom is -0.504 e. The number of rotatable bonds is 7. The highest BCUT2D eigenvalue weighted by Gasteiger charge is 2.05. The zero-order chi connectivity index (χ0) is 17.6. The Morgan fingerprint density at radius 1 is 1.24 bits per heavy atom. The van der Waals surface area contributed by atoms with Crippen molar-refractivity contribution in [2.75, 3.05) is 7.11 Å². The van der Waals surface area contributed by atoms with Crippen molar-refractivity contribution in [1.82, 2.24) is 4.98 Å². The molecular formula is C21H21NO3. The van der Waals surface area contributed by atoms with Crippen molar-refractivity contribution in [3.05, 3.63) is 65.9 Å². The van der Waals surface area contributed by atoms with Crippen molar-refractivity contribution in [2.45, 2.75) is 19.3 Å². The molecule has 0 radical (unpaired) electrons. The number of ketones is 1. The second kappa shape index (κ2) is 7.71. The van der Waals surface area contributed by atoms with Gasteiger partial charge in [-0.15, -0.1) is 0 Å². The summed E-state index contributed by atoms with van der Waals surface area (Å²) in [5, 5.41) is 10.8. The van der Waals surface area contributed by atoms with Gasteiger partial charge in [0.05, 0.1) is 7.11 Å². The number of carbonyl (C=O) groups excluding carboxylic acids is 1. The van der Waals surface area contributed by atoms with Crippen LogP contribution in [0.2, 0.25) is 0 Å². The molecule has 25 heavy (non-hydrogen) atoms. The number of aryl methyl sites for hydroxylation is 1. The average Bonchev–Trinajstić information content (AvgIpc) is 3.04. The van der Waals surface area contributed by atoms with Crippen LogP contribution in [0.25, 0.3) is 17.0 Å². The summed E-state index contributed by atoms with van der Waals surface area (Å²) < 4.78 is 5.06. The second-order valence-electron chi connectivity index (χ2n) is 5.94. The summed E-state index contributed by atoms with van der Waals surface area (Å²) >= 11 is 0. The van der Waals surface area contributed by atoms with Crippen molar-refractivity contribution in [2.24, 2.45) is 0 Å². The van der Waals surface area contributed by atoms with Crippen molar-refractivity contribution < 1.29 is 14.6 Å². The highest BCUT2D eigenvalue weighted by molar-refractivity contribution is 5.93. The molecule has 0 aliphatic heterocycles. The van der Waals surface area contributed by atoms with Gasteiger partial charge in [-0.05, 0) is 48.2 Å². The number of hydrogen-bond acceptors (Lipinski definition) is 3. The van der Waals surface area contributed by atoms with Gasteiger partial charge in [-0.3, -0.25) is 4.79 Å². The van der Waals surface area contributed by atoms with Gasteiger partial charge in [0.25, 0.3) is 0 Å². The van der Waals surface area contributed by atoms with E-state index in [0.29, 0.717) is 12.2 Å². The number of phenols is 1. The van der Waals surface area contributed by atoms with E-state index in [-0.39, 0.29) is 11.5 Å². The van der Waals surface area contributed by atoms with Crippen molar-refractivity contribution >= 4 is 22.8 Å². The standard InChI is InChI=1S/C21H21NO3/c1-25-21-13-15(10-12-20(21)24)9-11-17(23)6-4-5-16-14-22-19-8-3-2-7-18(16)19/h2-3,7-14,22,24H,4-6H2,1H3/b11-9+. The monoisotopic (exact) mass is 335 g/mol. The number of allylic oxidation sites excluding steroid dienone is 1. The normalized spacial score (nSPS) is 11.2. The predicted molar refractivity (Wildman–Crippen MR) is 99.9 cm³/mol. The third-order valence-electron chi connectivity index (χ3n) is 4.21. The molecule has 0 fully saturated rings. The highest BCUT2D eigenvalue weighted by Crippen LogP contribution is 2.26. The SMILES string of the molecule is COc1cc(/C=C/C(=O)CCCc2c[nH]c3ccccc23)ccc1O. The molecule has 0 spiro atoms. The molecule has 0 amide bonds. The molecule has 128 valence electrons. The quantitative estimate of drug-likeness (QED) is 0.626. The molecule has 1 heterocycles. The van der Waals surface area contributed by atoms with Gasteiger partial charge in [-0.25, -0.2) is 0 Å². The van der Waals surface area contributed by atoms with E-state index in [4.69, 9.17) is 4.74 Å². The molecule has 0 atom stereocenters. The molecule has 4 nitrogen and oxygen atoms in total. The second-order valence-corrected chi connectivity index (χ2v) is 5.94. The molecule has 2 aromatic carbocycles. The van der Waals surface area contributed by atoms with E-state index in [2.05, 4.69) is 17.1 Å². The molecule has 4 heteroatoms. The molecule has 1 aromatic heterocycles. The molecule has 0 aliphatic carbocycles. The fraction of sp³-hybridized carbons (Fsp3) is 0.190. The Morgan fingerprint density at radius 3 is 2.92 bits per heavy atom. The van der Waals surface area contributed by atoms with E-state index < -0.39 is 0 Å². The lowest BCUT2D eigenvalue weighted by molar-refractivity contribution is -0.114. The summed E-state index contributed by atoms with van der Waals surface area (Å²) in [5.41, 5.74) is 3.19. The van der Waals surface area contributed by atoms with Crippen LogP contribution in [0.1, 0.15) is 24.0 Å². The van der Waals surface area contributed by atoms with E-state index in [1.807, 2.05) is 18.3 Å². The first-order chi connectivity index (χ1) is 12.2. The number of H-pyrrole nitrogens is 1. The lowest BCUT2D eigenvalue weighted by Gasteiger charge is -2.03. The molecule has 2 N–H and O–H groups in total. The van der Waals surface area contributed by atoms with E-state index in [9.17, 15) is 9.90 Å². The summed E-state index contributed by atoms with van der Waals surface area (Å²) in [4.78, 5) is 15.3.